The van der Waals surface area contributed by atoms with Crippen LogP contribution in [0.2, 0.25) is 0 Å². The SMILES string of the molecule is Cc1nc(Cn2ccc3sccc3c2=O)no1. The van der Waals surface area contributed by atoms with Gasteiger partial charge in [-0.3, -0.25) is 4.79 Å². The number of aryl methyl sites for hydroxylation is 1. The van der Waals surface area contributed by atoms with Gasteiger partial charge in [0.25, 0.3) is 5.56 Å². The van der Waals surface area contributed by atoms with Gasteiger partial charge in [-0.15, -0.1) is 11.3 Å². The topological polar surface area (TPSA) is 60.9 Å². The molecule has 3 aromatic rings. The van der Waals surface area contributed by atoms with Crippen molar-refractivity contribution >= 4 is 21.4 Å². The smallest absolute Gasteiger partial charge is 0.259 e. The van der Waals surface area contributed by atoms with E-state index in [9.17, 15) is 4.79 Å². The molecule has 0 spiro atoms. The number of nitrogens with zero attached hydrogens (tertiary/aromatic N) is 3. The second-order valence-corrected chi connectivity index (χ2v) is 4.62. The first-order valence-corrected chi connectivity index (χ1v) is 5.98. The van der Waals surface area contributed by atoms with Crippen LogP contribution < -0.4 is 5.56 Å². The number of pyridine rings is 1. The van der Waals surface area contributed by atoms with E-state index in [1.54, 1.807) is 29.0 Å². The van der Waals surface area contributed by atoms with Gasteiger partial charge in [-0.05, 0) is 17.5 Å². The molecular weight excluding hydrogens is 238 g/mol. The van der Waals surface area contributed by atoms with Crippen molar-refractivity contribution in [3.8, 4) is 0 Å². The fraction of sp³-hybridized carbons (Fsp3) is 0.182. The van der Waals surface area contributed by atoms with Crippen molar-refractivity contribution in [2.45, 2.75) is 13.5 Å². The molecule has 0 saturated heterocycles. The van der Waals surface area contributed by atoms with Crippen LogP contribution in [0.25, 0.3) is 10.1 Å². The van der Waals surface area contributed by atoms with Gasteiger partial charge in [-0.1, -0.05) is 5.16 Å². The summed E-state index contributed by atoms with van der Waals surface area (Å²) in [4.78, 5) is 16.2. The van der Waals surface area contributed by atoms with Gasteiger partial charge in [0.15, 0.2) is 5.82 Å². The molecule has 0 saturated carbocycles. The van der Waals surface area contributed by atoms with Crippen molar-refractivity contribution in [3.05, 3.63) is 45.8 Å². The molecule has 0 aliphatic carbocycles. The van der Waals surface area contributed by atoms with Crippen LogP contribution in [-0.2, 0) is 6.54 Å². The third-order valence-electron chi connectivity index (χ3n) is 2.47. The van der Waals surface area contributed by atoms with Crippen molar-refractivity contribution in [2.75, 3.05) is 0 Å². The van der Waals surface area contributed by atoms with E-state index in [0.29, 0.717) is 18.3 Å². The Balaban J connectivity index is 2.06. The van der Waals surface area contributed by atoms with Crippen molar-refractivity contribution < 1.29 is 4.52 Å². The molecule has 0 amide bonds. The molecule has 0 aliphatic rings. The van der Waals surface area contributed by atoms with Gasteiger partial charge in [-0.25, -0.2) is 0 Å². The first kappa shape index (κ1) is 10.2. The van der Waals surface area contributed by atoms with Crippen molar-refractivity contribution in [1.82, 2.24) is 14.7 Å². The Labute approximate surface area is 100 Å². The van der Waals surface area contributed by atoms with Crippen LogP contribution in [0.3, 0.4) is 0 Å². The van der Waals surface area contributed by atoms with Gasteiger partial charge in [0, 0.05) is 17.8 Å². The molecule has 6 heteroatoms. The molecule has 5 nitrogen and oxygen atoms in total. The Kier molecular flexibility index (Phi) is 2.29. The number of thiophene rings is 1. The monoisotopic (exact) mass is 247 g/mol. The molecule has 3 heterocycles. The molecule has 0 N–H and O–H groups in total. The molecule has 0 aromatic carbocycles. The highest BCUT2D eigenvalue weighted by atomic mass is 32.1. The quantitative estimate of drug-likeness (QED) is 0.692. The highest BCUT2D eigenvalue weighted by Gasteiger charge is 2.07. The minimum Gasteiger partial charge on any atom is -0.340 e. The normalized spacial score (nSPS) is 11.1. The molecule has 0 atom stereocenters. The highest BCUT2D eigenvalue weighted by Crippen LogP contribution is 2.16. The molecule has 17 heavy (non-hydrogen) atoms. The lowest BCUT2D eigenvalue weighted by Gasteiger charge is -2.01. The van der Waals surface area contributed by atoms with Gasteiger partial charge in [0.1, 0.15) is 0 Å². The standard InChI is InChI=1S/C11H9N3O2S/c1-7-12-10(13-16-7)6-14-4-2-9-8(11(14)15)3-5-17-9/h2-5H,6H2,1H3. The van der Waals surface area contributed by atoms with E-state index in [1.807, 2.05) is 17.5 Å². The average molecular weight is 247 g/mol. The minimum absolute atomic E-state index is 0.0220. The van der Waals surface area contributed by atoms with Crippen molar-refractivity contribution in [1.29, 1.82) is 0 Å². The zero-order valence-corrected chi connectivity index (χ0v) is 9.90. The lowest BCUT2D eigenvalue weighted by molar-refractivity contribution is 0.386. The van der Waals surface area contributed by atoms with Crippen LogP contribution in [0.5, 0.6) is 0 Å². The van der Waals surface area contributed by atoms with E-state index in [0.717, 1.165) is 10.1 Å². The molecule has 3 rings (SSSR count). The predicted octanol–water partition coefficient (Wildman–Crippen LogP) is 1.80. The number of rotatable bonds is 2. The summed E-state index contributed by atoms with van der Waals surface area (Å²) >= 11 is 1.56. The fourth-order valence-electron chi connectivity index (χ4n) is 1.69. The van der Waals surface area contributed by atoms with Crippen LogP contribution in [-0.4, -0.2) is 14.7 Å². The third-order valence-corrected chi connectivity index (χ3v) is 3.36. The van der Waals surface area contributed by atoms with Crippen molar-refractivity contribution in [2.24, 2.45) is 0 Å². The zero-order valence-electron chi connectivity index (χ0n) is 9.08. The van der Waals surface area contributed by atoms with Crippen LogP contribution in [0.15, 0.2) is 33.0 Å². The summed E-state index contributed by atoms with van der Waals surface area (Å²) in [5, 5.41) is 6.42. The molecule has 0 radical (unpaired) electrons. The lowest BCUT2D eigenvalue weighted by Crippen LogP contribution is -2.19. The zero-order chi connectivity index (χ0) is 11.8. The van der Waals surface area contributed by atoms with E-state index in [2.05, 4.69) is 10.1 Å². The summed E-state index contributed by atoms with van der Waals surface area (Å²) in [5.41, 5.74) is -0.0220. The van der Waals surface area contributed by atoms with Gasteiger partial charge in [0.05, 0.1) is 11.9 Å². The van der Waals surface area contributed by atoms with Gasteiger partial charge < -0.3 is 9.09 Å². The summed E-state index contributed by atoms with van der Waals surface area (Å²) in [6.45, 7) is 2.06. The predicted molar refractivity (Wildman–Crippen MR) is 64.2 cm³/mol. The molecule has 0 unspecified atom stereocenters. The number of hydrogen-bond donors (Lipinski definition) is 0. The third kappa shape index (κ3) is 1.76. The summed E-state index contributed by atoms with van der Waals surface area (Å²) in [7, 11) is 0. The van der Waals surface area contributed by atoms with Crippen molar-refractivity contribution in [3.63, 3.8) is 0 Å². The van der Waals surface area contributed by atoms with E-state index in [1.165, 1.54) is 0 Å². The molecule has 3 aromatic heterocycles. The van der Waals surface area contributed by atoms with Crippen LogP contribution in [0, 0.1) is 6.92 Å². The Bertz CT molecular complexity index is 725. The Morgan fingerprint density at radius 3 is 3.12 bits per heavy atom. The number of fused-ring (bicyclic) bond motifs is 1. The van der Waals surface area contributed by atoms with Gasteiger partial charge in [0.2, 0.25) is 5.89 Å². The number of aromatic nitrogens is 3. The van der Waals surface area contributed by atoms with Gasteiger partial charge >= 0.3 is 0 Å². The second-order valence-electron chi connectivity index (χ2n) is 3.68. The van der Waals surface area contributed by atoms with Crippen LogP contribution in [0.4, 0.5) is 0 Å². The maximum Gasteiger partial charge on any atom is 0.259 e. The lowest BCUT2D eigenvalue weighted by atomic mass is 10.3. The molecule has 86 valence electrons. The molecule has 0 bridgehead atoms. The van der Waals surface area contributed by atoms with E-state index in [4.69, 9.17) is 4.52 Å². The molecule has 0 fully saturated rings. The minimum atomic E-state index is -0.0220. The van der Waals surface area contributed by atoms with Crippen LogP contribution in [0.1, 0.15) is 11.7 Å². The van der Waals surface area contributed by atoms with Gasteiger partial charge in [-0.2, -0.15) is 4.98 Å². The Morgan fingerprint density at radius 1 is 1.47 bits per heavy atom. The highest BCUT2D eigenvalue weighted by molar-refractivity contribution is 7.17. The Hall–Kier alpha value is -1.95. The van der Waals surface area contributed by atoms with E-state index >= 15 is 0 Å². The second kappa shape index (κ2) is 3.81. The number of hydrogen-bond acceptors (Lipinski definition) is 5. The maximum absolute atomic E-state index is 12.1. The summed E-state index contributed by atoms with van der Waals surface area (Å²) in [6.07, 6.45) is 1.76. The maximum atomic E-state index is 12.1. The first-order valence-electron chi connectivity index (χ1n) is 5.10. The molecule has 0 aliphatic heterocycles. The summed E-state index contributed by atoms with van der Waals surface area (Å²) in [5.74, 6) is 1.02. The Morgan fingerprint density at radius 2 is 2.35 bits per heavy atom. The van der Waals surface area contributed by atoms with Crippen LogP contribution >= 0.6 is 11.3 Å². The first-order chi connectivity index (χ1) is 8.24. The summed E-state index contributed by atoms with van der Waals surface area (Å²) < 4.78 is 7.45. The fourth-order valence-corrected chi connectivity index (χ4v) is 2.46. The van der Waals surface area contributed by atoms with E-state index in [-0.39, 0.29) is 5.56 Å². The average Bonchev–Trinajstić information content (AvgIpc) is 2.92. The summed E-state index contributed by atoms with van der Waals surface area (Å²) in [6, 6.07) is 3.76. The van der Waals surface area contributed by atoms with E-state index < -0.39 is 0 Å². The molecular formula is C11H9N3O2S. The largest absolute Gasteiger partial charge is 0.340 e.